The van der Waals surface area contributed by atoms with Gasteiger partial charge in [0.25, 0.3) is 0 Å². The van der Waals surface area contributed by atoms with E-state index in [1.54, 1.807) is 6.07 Å². The first-order chi connectivity index (χ1) is 4.20. The van der Waals surface area contributed by atoms with Gasteiger partial charge < -0.3 is 17.0 Å². The van der Waals surface area contributed by atoms with Crippen molar-refractivity contribution in [1.29, 1.82) is 0 Å². The molecule has 1 rings (SSSR count). The molecule has 0 fully saturated rings. The van der Waals surface area contributed by atoms with E-state index in [4.69, 9.17) is 0 Å². The molecule has 0 aromatic heterocycles. The van der Waals surface area contributed by atoms with Gasteiger partial charge in [-0.2, -0.15) is 0 Å². The normalized spacial score (nSPS) is 8.80. The summed E-state index contributed by atoms with van der Waals surface area (Å²) >= 11 is 0.858. The van der Waals surface area contributed by atoms with Crippen LogP contribution >= 0.6 is 0 Å². The second-order valence-electron chi connectivity index (χ2n) is 1.75. The molecule has 50 valence electrons. The first-order valence-corrected chi connectivity index (χ1v) is 3.95. The second kappa shape index (κ2) is 4.14. The van der Waals surface area contributed by atoms with Gasteiger partial charge in [0.15, 0.2) is 0 Å². The van der Waals surface area contributed by atoms with Crippen molar-refractivity contribution in [3.63, 3.8) is 0 Å². The summed E-state index contributed by atoms with van der Waals surface area (Å²) in [5, 5.41) is 0. The first-order valence-electron chi connectivity index (χ1n) is 2.47. The van der Waals surface area contributed by atoms with Crippen molar-refractivity contribution >= 4 is 4.16 Å². The Hall–Kier alpha value is 0.183. The third-order valence-corrected chi connectivity index (χ3v) is 1.91. The molecule has 0 saturated carbocycles. The molecule has 10 heavy (non-hydrogen) atoms. The topological polar surface area (TPSA) is 0 Å². The van der Waals surface area contributed by atoms with Crippen LogP contribution in [0.1, 0.15) is 0 Å². The van der Waals surface area contributed by atoms with Crippen molar-refractivity contribution in [2.24, 2.45) is 0 Å². The summed E-state index contributed by atoms with van der Waals surface area (Å²) in [6.45, 7) is 0. The van der Waals surface area contributed by atoms with Crippen molar-refractivity contribution < 1.29 is 44.1 Å². The molecule has 0 aliphatic rings. The molecule has 4 heteroatoms. The molecular formula is C6H3BrF2Zn. The van der Waals surface area contributed by atoms with Crippen LogP contribution in [-0.4, -0.2) is 0 Å². The van der Waals surface area contributed by atoms with Gasteiger partial charge in [0.1, 0.15) is 0 Å². The molecule has 0 saturated heterocycles. The molecule has 0 spiro atoms. The van der Waals surface area contributed by atoms with Gasteiger partial charge in [-0.25, -0.2) is 0 Å². The van der Waals surface area contributed by atoms with E-state index in [1.807, 2.05) is 0 Å². The maximum absolute atomic E-state index is 12.2. The van der Waals surface area contributed by atoms with Gasteiger partial charge in [-0.1, -0.05) is 0 Å². The van der Waals surface area contributed by atoms with E-state index in [2.05, 4.69) is 0 Å². The van der Waals surface area contributed by atoms with Gasteiger partial charge in [-0.05, 0) is 0 Å². The van der Waals surface area contributed by atoms with E-state index in [-0.39, 0.29) is 17.0 Å². The minimum Gasteiger partial charge on any atom is -1.00 e. The van der Waals surface area contributed by atoms with E-state index >= 15 is 0 Å². The molecule has 0 nitrogen and oxygen atoms in total. The summed E-state index contributed by atoms with van der Waals surface area (Å²) in [5.41, 5.74) is 0. The molecule has 0 amide bonds. The van der Waals surface area contributed by atoms with Gasteiger partial charge in [0.2, 0.25) is 0 Å². The Bertz CT molecular complexity index is 227. The molecule has 0 heterocycles. The maximum atomic E-state index is 12.2. The molecule has 1 aromatic rings. The molecule has 0 aliphatic carbocycles. The molecular weight excluding hydrogens is 255 g/mol. The smallest absolute Gasteiger partial charge is 1.00 e. The average molecular weight is 258 g/mol. The Labute approximate surface area is 78.1 Å². The van der Waals surface area contributed by atoms with Gasteiger partial charge >= 0.3 is 61.1 Å². The van der Waals surface area contributed by atoms with Crippen LogP contribution in [0.5, 0.6) is 0 Å². The summed E-state index contributed by atoms with van der Waals surface area (Å²) in [6.07, 6.45) is 0. The zero-order valence-corrected chi connectivity index (χ0v) is 9.63. The predicted molar refractivity (Wildman–Crippen MR) is 26.0 cm³/mol. The number of hydrogen-bond acceptors (Lipinski definition) is 0. The summed E-state index contributed by atoms with van der Waals surface area (Å²) in [5.74, 6) is -1.52. The van der Waals surface area contributed by atoms with Crippen molar-refractivity contribution in [3.05, 3.63) is 29.8 Å². The zero-order chi connectivity index (χ0) is 6.85. The Morgan fingerprint density at radius 2 is 1.70 bits per heavy atom. The summed E-state index contributed by atoms with van der Waals surface area (Å²) in [7, 11) is 0. The number of halogens is 3. The minimum atomic E-state index is -0.771. The Balaban J connectivity index is 0.000000810. The Kier molecular flexibility index (Phi) is 4.22. The van der Waals surface area contributed by atoms with Crippen LogP contribution in [0.25, 0.3) is 0 Å². The van der Waals surface area contributed by atoms with Crippen LogP contribution in [0.15, 0.2) is 18.2 Å². The quantitative estimate of drug-likeness (QED) is 0.479. The summed E-state index contributed by atoms with van der Waals surface area (Å²) < 4.78 is 25.2. The predicted octanol–water partition coefficient (Wildman–Crippen LogP) is -1.86. The van der Waals surface area contributed by atoms with Crippen LogP contribution in [0, 0.1) is 11.6 Å². The molecule has 0 radical (unpaired) electrons. The van der Waals surface area contributed by atoms with E-state index in [1.165, 1.54) is 6.07 Å². The maximum Gasteiger partial charge on any atom is -1.00 e. The first kappa shape index (κ1) is 10.2. The molecule has 0 N–H and O–H groups in total. The molecule has 0 atom stereocenters. The molecule has 0 aliphatic heterocycles. The third-order valence-electron chi connectivity index (χ3n) is 0.984. The fourth-order valence-electron chi connectivity index (χ4n) is 0.540. The van der Waals surface area contributed by atoms with Gasteiger partial charge in [-0.3, -0.25) is 0 Å². The van der Waals surface area contributed by atoms with Crippen molar-refractivity contribution in [2.75, 3.05) is 0 Å². The average Bonchev–Trinajstić information content (AvgIpc) is 1.80. The van der Waals surface area contributed by atoms with Crippen LogP contribution in [0.2, 0.25) is 0 Å². The monoisotopic (exact) mass is 256 g/mol. The van der Waals surface area contributed by atoms with E-state index < -0.39 is 11.6 Å². The number of hydrogen-bond donors (Lipinski definition) is 0. The van der Waals surface area contributed by atoms with Crippen molar-refractivity contribution in [3.8, 4) is 0 Å². The minimum absolute atomic E-state index is 0. The SMILES string of the molecule is Fc1cc[c]([Zn+])cc1F.[Br-]. The number of benzene rings is 1. The summed E-state index contributed by atoms with van der Waals surface area (Å²) in [6, 6.07) is 3.95. The largest absolute Gasteiger partial charge is 1.00 e. The Morgan fingerprint density at radius 1 is 1.10 bits per heavy atom. The van der Waals surface area contributed by atoms with E-state index in [9.17, 15) is 8.78 Å². The third kappa shape index (κ3) is 2.43. The zero-order valence-electron chi connectivity index (χ0n) is 5.07. The number of rotatable bonds is 0. The van der Waals surface area contributed by atoms with Crippen LogP contribution in [0.3, 0.4) is 0 Å². The summed E-state index contributed by atoms with van der Waals surface area (Å²) in [4.78, 5) is 0. The van der Waals surface area contributed by atoms with Crippen LogP contribution < -0.4 is 21.1 Å². The van der Waals surface area contributed by atoms with Crippen LogP contribution in [-0.2, 0) is 18.3 Å². The van der Waals surface area contributed by atoms with Gasteiger partial charge in [-0.15, -0.1) is 0 Å². The Morgan fingerprint density at radius 3 is 2.10 bits per heavy atom. The molecule has 0 unspecified atom stereocenters. The van der Waals surface area contributed by atoms with Gasteiger partial charge in [0, 0.05) is 0 Å². The van der Waals surface area contributed by atoms with E-state index in [0.717, 1.165) is 28.5 Å². The van der Waals surface area contributed by atoms with Gasteiger partial charge in [0.05, 0.1) is 0 Å². The standard InChI is InChI=1S/C6H3F2.BrH.Zn/c7-5-3-1-2-4-6(5)8;;/h1,3-4H;1H;/q;;+1/p-1. The fourth-order valence-corrected chi connectivity index (χ4v) is 1.16. The molecule has 1 aromatic carbocycles. The van der Waals surface area contributed by atoms with Crippen molar-refractivity contribution in [2.45, 2.75) is 0 Å². The van der Waals surface area contributed by atoms with Crippen molar-refractivity contribution in [1.82, 2.24) is 0 Å². The molecule has 0 bridgehead atoms. The van der Waals surface area contributed by atoms with E-state index in [0.29, 0.717) is 0 Å². The van der Waals surface area contributed by atoms with Crippen LogP contribution in [0.4, 0.5) is 8.78 Å². The fraction of sp³-hybridized carbons (Fsp3) is 0. The second-order valence-corrected chi connectivity index (χ2v) is 3.46.